The van der Waals surface area contributed by atoms with Gasteiger partial charge >= 0.3 is 0 Å². The lowest BCUT2D eigenvalue weighted by Gasteiger charge is -2.32. The summed E-state index contributed by atoms with van der Waals surface area (Å²) in [5.74, 6) is -1.14. The Morgan fingerprint density at radius 1 is 1.47 bits per heavy atom. The van der Waals surface area contributed by atoms with E-state index in [1.54, 1.807) is 0 Å². The predicted molar refractivity (Wildman–Crippen MR) is 69.6 cm³/mol. The van der Waals surface area contributed by atoms with E-state index in [0.717, 1.165) is 31.5 Å². The maximum absolute atomic E-state index is 13.0. The Hall–Kier alpha value is -1.20. The van der Waals surface area contributed by atoms with Crippen LogP contribution in [0.4, 0.5) is 4.39 Å². The van der Waals surface area contributed by atoms with Crippen molar-refractivity contribution in [3.63, 3.8) is 0 Å². The first-order chi connectivity index (χ1) is 9.00. The molecule has 0 atom stereocenters. The molecule has 1 amide bonds. The molecule has 1 saturated carbocycles. The van der Waals surface area contributed by atoms with Crippen molar-refractivity contribution in [2.75, 3.05) is 6.54 Å². The Balaban J connectivity index is 1.99. The molecular formula is C13H16ClFN2O2. The molecule has 6 heteroatoms. The molecule has 2 rings (SSSR count). The number of hydrogen-bond donors (Lipinski definition) is 2. The molecule has 1 aromatic rings. The van der Waals surface area contributed by atoms with Crippen LogP contribution in [-0.4, -0.2) is 28.1 Å². The highest BCUT2D eigenvalue weighted by Gasteiger charge is 2.29. The first kappa shape index (κ1) is 14.2. The van der Waals surface area contributed by atoms with Gasteiger partial charge in [0.2, 0.25) is 0 Å². The summed E-state index contributed by atoms with van der Waals surface area (Å²) in [4.78, 5) is 15.5. The van der Waals surface area contributed by atoms with Crippen LogP contribution >= 0.6 is 11.6 Å². The minimum Gasteiger partial charge on any atom is -0.388 e. The van der Waals surface area contributed by atoms with Gasteiger partial charge < -0.3 is 10.4 Å². The Morgan fingerprint density at radius 3 is 2.84 bits per heavy atom. The minimum atomic E-state index is -0.860. The molecule has 4 nitrogen and oxygen atoms in total. The summed E-state index contributed by atoms with van der Waals surface area (Å²) in [5.41, 5.74) is -0.873. The lowest BCUT2D eigenvalue weighted by molar-refractivity contribution is 0.00525. The van der Waals surface area contributed by atoms with Crippen LogP contribution in [0, 0.1) is 5.82 Å². The van der Waals surface area contributed by atoms with E-state index in [1.165, 1.54) is 0 Å². The molecule has 1 aliphatic rings. The average Bonchev–Trinajstić information content (AvgIpc) is 2.40. The van der Waals surface area contributed by atoms with Gasteiger partial charge in [0, 0.05) is 6.54 Å². The van der Waals surface area contributed by atoms with Gasteiger partial charge in [-0.05, 0) is 18.9 Å². The van der Waals surface area contributed by atoms with E-state index >= 15 is 0 Å². The quantitative estimate of drug-likeness (QED) is 0.838. The third-order valence-corrected chi connectivity index (χ3v) is 3.71. The van der Waals surface area contributed by atoms with Crippen molar-refractivity contribution in [3.8, 4) is 0 Å². The van der Waals surface area contributed by atoms with Crippen LogP contribution in [0.3, 0.4) is 0 Å². The van der Waals surface area contributed by atoms with Crippen LogP contribution < -0.4 is 5.32 Å². The van der Waals surface area contributed by atoms with Gasteiger partial charge in [-0.25, -0.2) is 9.37 Å². The van der Waals surface area contributed by atoms with E-state index in [0.29, 0.717) is 12.8 Å². The maximum atomic E-state index is 13.0. The number of aliphatic hydroxyl groups is 1. The standard InChI is InChI=1S/C13H16ClFN2O2/c14-11-10(6-9(15)7-16-11)12(18)17-8-13(19)4-2-1-3-5-13/h6-7,19H,1-5,8H2,(H,17,18). The number of pyridine rings is 1. The number of amides is 1. The zero-order chi connectivity index (χ0) is 13.9. The SMILES string of the molecule is O=C(NCC1(O)CCCCC1)c1cc(F)cnc1Cl. The number of carbonyl (C=O) groups excluding carboxylic acids is 1. The summed E-state index contributed by atoms with van der Waals surface area (Å²) in [6.07, 6.45) is 5.30. The van der Waals surface area contributed by atoms with Crippen LogP contribution in [0.15, 0.2) is 12.3 Å². The van der Waals surface area contributed by atoms with E-state index in [9.17, 15) is 14.3 Å². The van der Waals surface area contributed by atoms with Gasteiger partial charge in [0.25, 0.3) is 5.91 Å². The van der Waals surface area contributed by atoms with Crippen LogP contribution in [-0.2, 0) is 0 Å². The van der Waals surface area contributed by atoms with Gasteiger partial charge in [-0.2, -0.15) is 0 Å². The monoisotopic (exact) mass is 286 g/mol. The van der Waals surface area contributed by atoms with Crippen LogP contribution in [0.5, 0.6) is 0 Å². The molecule has 19 heavy (non-hydrogen) atoms. The second-order valence-electron chi connectivity index (χ2n) is 4.96. The first-order valence-electron chi connectivity index (χ1n) is 6.32. The molecule has 0 unspecified atom stereocenters. The number of nitrogens with zero attached hydrogens (tertiary/aromatic N) is 1. The number of carbonyl (C=O) groups is 1. The maximum Gasteiger partial charge on any atom is 0.254 e. The van der Waals surface area contributed by atoms with Crippen molar-refractivity contribution >= 4 is 17.5 Å². The molecule has 0 aliphatic heterocycles. The molecule has 0 saturated heterocycles. The van der Waals surface area contributed by atoms with E-state index in [-0.39, 0.29) is 17.3 Å². The highest BCUT2D eigenvalue weighted by molar-refractivity contribution is 6.32. The lowest BCUT2D eigenvalue weighted by atomic mass is 9.85. The molecule has 1 heterocycles. The molecule has 0 radical (unpaired) electrons. The summed E-state index contributed by atoms with van der Waals surface area (Å²) in [5, 5.41) is 12.8. The van der Waals surface area contributed by atoms with Crippen molar-refractivity contribution in [1.82, 2.24) is 10.3 Å². The number of nitrogens with one attached hydrogen (secondary N) is 1. The molecule has 0 spiro atoms. The molecule has 0 aromatic carbocycles. The Morgan fingerprint density at radius 2 is 2.16 bits per heavy atom. The van der Waals surface area contributed by atoms with E-state index in [2.05, 4.69) is 10.3 Å². The van der Waals surface area contributed by atoms with Gasteiger partial charge in [0.1, 0.15) is 11.0 Å². The van der Waals surface area contributed by atoms with E-state index in [1.807, 2.05) is 0 Å². The predicted octanol–water partition coefficient (Wildman–Crippen LogP) is 2.30. The van der Waals surface area contributed by atoms with Crippen LogP contribution in [0.25, 0.3) is 0 Å². The molecule has 0 bridgehead atoms. The summed E-state index contributed by atoms with van der Waals surface area (Å²) in [6.45, 7) is 0.151. The molecule has 1 fully saturated rings. The van der Waals surface area contributed by atoms with Crippen molar-refractivity contribution in [2.24, 2.45) is 0 Å². The van der Waals surface area contributed by atoms with Gasteiger partial charge in [-0.15, -0.1) is 0 Å². The fourth-order valence-corrected chi connectivity index (χ4v) is 2.50. The molecule has 104 valence electrons. The zero-order valence-electron chi connectivity index (χ0n) is 10.5. The van der Waals surface area contributed by atoms with Gasteiger partial charge in [0.05, 0.1) is 17.4 Å². The molecule has 2 N–H and O–H groups in total. The highest BCUT2D eigenvalue weighted by Crippen LogP contribution is 2.27. The molecule has 1 aromatic heterocycles. The van der Waals surface area contributed by atoms with Crippen LogP contribution in [0.1, 0.15) is 42.5 Å². The van der Waals surface area contributed by atoms with Gasteiger partial charge in [0.15, 0.2) is 0 Å². The third kappa shape index (κ3) is 3.64. The van der Waals surface area contributed by atoms with Crippen molar-refractivity contribution < 1.29 is 14.3 Å². The zero-order valence-corrected chi connectivity index (χ0v) is 11.2. The normalized spacial score (nSPS) is 18.1. The Labute approximate surface area is 116 Å². The second-order valence-corrected chi connectivity index (χ2v) is 5.32. The summed E-state index contributed by atoms with van der Waals surface area (Å²) >= 11 is 5.75. The minimum absolute atomic E-state index is 0.0129. The fourth-order valence-electron chi connectivity index (χ4n) is 2.31. The molecular weight excluding hydrogens is 271 g/mol. The van der Waals surface area contributed by atoms with Crippen molar-refractivity contribution in [2.45, 2.75) is 37.7 Å². The lowest BCUT2D eigenvalue weighted by Crippen LogP contribution is -2.44. The summed E-state index contributed by atoms with van der Waals surface area (Å²) < 4.78 is 13.0. The second kappa shape index (κ2) is 5.84. The average molecular weight is 287 g/mol. The number of halogens is 2. The number of aromatic nitrogens is 1. The smallest absolute Gasteiger partial charge is 0.254 e. The number of rotatable bonds is 3. The van der Waals surface area contributed by atoms with E-state index in [4.69, 9.17) is 11.6 Å². The summed E-state index contributed by atoms with van der Waals surface area (Å²) in [6, 6.07) is 1.04. The van der Waals surface area contributed by atoms with Crippen molar-refractivity contribution in [1.29, 1.82) is 0 Å². The Bertz CT molecular complexity index is 476. The molecule has 1 aliphatic carbocycles. The first-order valence-corrected chi connectivity index (χ1v) is 6.70. The largest absolute Gasteiger partial charge is 0.388 e. The van der Waals surface area contributed by atoms with Gasteiger partial charge in [-0.1, -0.05) is 30.9 Å². The van der Waals surface area contributed by atoms with E-state index < -0.39 is 17.3 Å². The number of hydrogen-bond acceptors (Lipinski definition) is 3. The van der Waals surface area contributed by atoms with Crippen molar-refractivity contribution in [3.05, 3.63) is 28.8 Å². The summed E-state index contributed by atoms with van der Waals surface area (Å²) in [7, 11) is 0. The highest BCUT2D eigenvalue weighted by atomic mass is 35.5. The van der Waals surface area contributed by atoms with Gasteiger partial charge in [-0.3, -0.25) is 4.79 Å². The fraction of sp³-hybridized carbons (Fsp3) is 0.538. The Kier molecular flexibility index (Phi) is 4.37. The third-order valence-electron chi connectivity index (χ3n) is 3.41. The topological polar surface area (TPSA) is 62.2 Å². The van der Waals surface area contributed by atoms with Crippen LogP contribution in [0.2, 0.25) is 5.15 Å².